The number of nitrogens with zero attached hydrogens (tertiary/aromatic N) is 2. The molecule has 1 amide bonds. The van der Waals surface area contributed by atoms with E-state index in [0.717, 1.165) is 17.4 Å². The van der Waals surface area contributed by atoms with Crippen molar-refractivity contribution in [1.82, 2.24) is 14.8 Å². The fourth-order valence-corrected chi connectivity index (χ4v) is 3.27. The summed E-state index contributed by atoms with van der Waals surface area (Å²) in [5.74, 6) is 0.230. The molecule has 0 aliphatic heterocycles. The third-order valence-corrected chi connectivity index (χ3v) is 4.55. The van der Waals surface area contributed by atoms with Gasteiger partial charge in [-0.05, 0) is 31.8 Å². The number of para-hydroxylation sites is 1. The van der Waals surface area contributed by atoms with Crippen LogP contribution in [0.3, 0.4) is 0 Å². The van der Waals surface area contributed by atoms with Crippen LogP contribution in [0.2, 0.25) is 0 Å². The number of hydrogen-bond acceptors (Lipinski definition) is 2. The van der Waals surface area contributed by atoms with E-state index in [-0.39, 0.29) is 11.8 Å². The average Bonchev–Trinajstić information content (AvgIpc) is 2.96. The molecule has 1 N–H and O–H groups in total. The molecule has 3 aromatic rings. The molecular formula is C21H25N3O. The lowest BCUT2D eigenvalue weighted by atomic mass is 9.98. The van der Waals surface area contributed by atoms with Crippen molar-refractivity contribution in [2.24, 2.45) is 7.05 Å². The Kier molecular flexibility index (Phi) is 5.19. The molecule has 1 aromatic heterocycles. The minimum Gasteiger partial charge on any atom is -0.350 e. The van der Waals surface area contributed by atoms with Crippen molar-refractivity contribution >= 4 is 16.8 Å². The standard InChI is InChI=1S/C21H25N3O/c1-23(2)15-18(16-9-5-4-6-10-16)14-22-21(25)20-13-17-11-7-8-12-19(17)24(20)3/h4-13,18H,14-15H2,1-3H3,(H,22,25)/t18-/m1/s1. The van der Waals surface area contributed by atoms with E-state index in [0.29, 0.717) is 12.2 Å². The molecule has 0 aliphatic carbocycles. The molecular weight excluding hydrogens is 310 g/mol. The lowest BCUT2D eigenvalue weighted by Crippen LogP contribution is -2.33. The normalized spacial score (nSPS) is 12.5. The number of aromatic nitrogens is 1. The first-order valence-corrected chi connectivity index (χ1v) is 8.58. The van der Waals surface area contributed by atoms with Crippen LogP contribution >= 0.6 is 0 Å². The van der Waals surface area contributed by atoms with Crippen LogP contribution in [-0.4, -0.2) is 42.6 Å². The Morgan fingerprint density at radius 3 is 2.44 bits per heavy atom. The smallest absolute Gasteiger partial charge is 0.267 e. The average molecular weight is 335 g/mol. The molecule has 1 heterocycles. The van der Waals surface area contributed by atoms with Crippen molar-refractivity contribution in [3.63, 3.8) is 0 Å². The molecule has 3 rings (SSSR count). The highest BCUT2D eigenvalue weighted by atomic mass is 16.1. The van der Waals surface area contributed by atoms with Crippen molar-refractivity contribution in [2.75, 3.05) is 27.2 Å². The quantitative estimate of drug-likeness (QED) is 0.751. The molecule has 2 aromatic carbocycles. The SMILES string of the molecule is CN(C)C[C@@H](CNC(=O)c1cc2ccccc2n1C)c1ccccc1. The zero-order valence-corrected chi connectivity index (χ0v) is 15.1. The predicted octanol–water partition coefficient (Wildman–Crippen LogP) is 3.25. The molecule has 25 heavy (non-hydrogen) atoms. The third kappa shape index (κ3) is 3.91. The Balaban J connectivity index is 1.75. The maximum absolute atomic E-state index is 12.7. The Bertz CT molecular complexity index is 852. The minimum absolute atomic E-state index is 0.0293. The molecule has 0 unspecified atom stereocenters. The molecule has 0 saturated carbocycles. The summed E-state index contributed by atoms with van der Waals surface area (Å²) in [5.41, 5.74) is 3.01. The number of fused-ring (bicyclic) bond motifs is 1. The van der Waals surface area contributed by atoms with E-state index < -0.39 is 0 Å². The summed E-state index contributed by atoms with van der Waals surface area (Å²) in [6, 6.07) is 20.4. The second-order valence-electron chi connectivity index (χ2n) is 6.73. The summed E-state index contributed by atoms with van der Waals surface area (Å²) in [5, 5.41) is 4.20. The summed E-state index contributed by atoms with van der Waals surface area (Å²) >= 11 is 0. The number of amides is 1. The van der Waals surface area contributed by atoms with Crippen LogP contribution in [0.5, 0.6) is 0 Å². The van der Waals surface area contributed by atoms with Crippen LogP contribution in [0.1, 0.15) is 22.0 Å². The van der Waals surface area contributed by atoms with Crippen LogP contribution in [0, 0.1) is 0 Å². The largest absolute Gasteiger partial charge is 0.350 e. The van der Waals surface area contributed by atoms with Crippen LogP contribution < -0.4 is 5.32 Å². The molecule has 0 fully saturated rings. The first-order valence-electron chi connectivity index (χ1n) is 8.58. The number of carbonyl (C=O) groups is 1. The minimum atomic E-state index is -0.0293. The number of benzene rings is 2. The van der Waals surface area contributed by atoms with Crippen molar-refractivity contribution in [3.8, 4) is 0 Å². The zero-order chi connectivity index (χ0) is 17.8. The summed E-state index contributed by atoms with van der Waals surface area (Å²) in [4.78, 5) is 14.9. The first kappa shape index (κ1) is 17.2. The molecule has 0 aliphatic rings. The van der Waals surface area contributed by atoms with Crippen LogP contribution in [0.25, 0.3) is 10.9 Å². The van der Waals surface area contributed by atoms with Crippen molar-refractivity contribution in [3.05, 3.63) is 71.9 Å². The number of hydrogen-bond donors (Lipinski definition) is 1. The van der Waals surface area contributed by atoms with Gasteiger partial charge in [0, 0.05) is 37.0 Å². The van der Waals surface area contributed by atoms with Crippen molar-refractivity contribution < 1.29 is 4.79 Å². The van der Waals surface area contributed by atoms with Gasteiger partial charge in [-0.25, -0.2) is 0 Å². The van der Waals surface area contributed by atoms with E-state index in [1.54, 1.807) is 0 Å². The monoisotopic (exact) mass is 335 g/mol. The Morgan fingerprint density at radius 2 is 1.76 bits per heavy atom. The molecule has 0 radical (unpaired) electrons. The Morgan fingerprint density at radius 1 is 1.08 bits per heavy atom. The first-order chi connectivity index (χ1) is 12.1. The topological polar surface area (TPSA) is 37.3 Å². The Hall–Kier alpha value is -2.59. The molecule has 4 nitrogen and oxygen atoms in total. The van der Waals surface area contributed by atoms with E-state index in [9.17, 15) is 4.79 Å². The number of rotatable bonds is 6. The lowest BCUT2D eigenvalue weighted by Gasteiger charge is -2.22. The van der Waals surface area contributed by atoms with Crippen LogP contribution in [-0.2, 0) is 7.05 Å². The number of carbonyl (C=O) groups excluding carboxylic acids is 1. The zero-order valence-electron chi connectivity index (χ0n) is 15.1. The summed E-state index contributed by atoms with van der Waals surface area (Å²) in [6.07, 6.45) is 0. The highest BCUT2D eigenvalue weighted by Crippen LogP contribution is 2.19. The summed E-state index contributed by atoms with van der Waals surface area (Å²) in [7, 11) is 6.05. The molecule has 0 saturated heterocycles. The second-order valence-corrected chi connectivity index (χ2v) is 6.73. The van der Waals surface area contributed by atoms with Gasteiger partial charge in [0.25, 0.3) is 5.91 Å². The van der Waals surface area contributed by atoms with Gasteiger partial charge in [0.1, 0.15) is 5.69 Å². The van der Waals surface area contributed by atoms with Gasteiger partial charge >= 0.3 is 0 Å². The molecule has 1 atom stereocenters. The van der Waals surface area contributed by atoms with Crippen molar-refractivity contribution in [1.29, 1.82) is 0 Å². The van der Waals surface area contributed by atoms with Gasteiger partial charge < -0.3 is 14.8 Å². The highest BCUT2D eigenvalue weighted by Gasteiger charge is 2.17. The second kappa shape index (κ2) is 7.53. The van der Waals surface area contributed by atoms with Gasteiger partial charge in [-0.1, -0.05) is 48.5 Å². The lowest BCUT2D eigenvalue weighted by molar-refractivity contribution is 0.0942. The van der Waals surface area contributed by atoms with Gasteiger partial charge in [0.15, 0.2) is 0 Å². The van der Waals surface area contributed by atoms with E-state index in [4.69, 9.17) is 0 Å². The van der Waals surface area contributed by atoms with Gasteiger partial charge in [0.05, 0.1) is 0 Å². The fourth-order valence-electron chi connectivity index (χ4n) is 3.27. The number of nitrogens with one attached hydrogen (secondary N) is 1. The summed E-state index contributed by atoms with van der Waals surface area (Å²) < 4.78 is 1.95. The van der Waals surface area contributed by atoms with Gasteiger partial charge in [-0.3, -0.25) is 4.79 Å². The molecule has 130 valence electrons. The molecule has 0 bridgehead atoms. The van der Waals surface area contributed by atoms with Gasteiger partial charge in [-0.2, -0.15) is 0 Å². The maximum Gasteiger partial charge on any atom is 0.267 e. The number of likely N-dealkylation sites (N-methyl/N-ethyl adjacent to an activating group) is 1. The van der Waals surface area contributed by atoms with Crippen LogP contribution in [0.15, 0.2) is 60.7 Å². The van der Waals surface area contributed by atoms with Crippen LogP contribution in [0.4, 0.5) is 0 Å². The third-order valence-electron chi connectivity index (χ3n) is 4.55. The Labute approximate surface area is 149 Å². The number of aryl methyl sites for hydroxylation is 1. The highest BCUT2D eigenvalue weighted by molar-refractivity contribution is 5.98. The van der Waals surface area contributed by atoms with E-state index in [1.807, 2.05) is 60.1 Å². The maximum atomic E-state index is 12.7. The van der Waals surface area contributed by atoms with Crippen molar-refractivity contribution in [2.45, 2.75) is 5.92 Å². The van der Waals surface area contributed by atoms with E-state index in [1.165, 1.54) is 5.56 Å². The van der Waals surface area contributed by atoms with Gasteiger partial charge in [0.2, 0.25) is 0 Å². The van der Waals surface area contributed by atoms with E-state index in [2.05, 4.69) is 36.4 Å². The predicted molar refractivity (Wildman–Crippen MR) is 103 cm³/mol. The van der Waals surface area contributed by atoms with Gasteiger partial charge in [-0.15, -0.1) is 0 Å². The fraction of sp³-hybridized carbons (Fsp3) is 0.286. The molecule has 0 spiro atoms. The summed E-state index contributed by atoms with van der Waals surface area (Å²) in [6.45, 7) is 1.50. The molecule has 4 heteroatoms. The van der Waals surface area contributed by atoms with E-state index >= 15 is 0 Å².